The van der Waals surface area contributed by atoms with Gasteiger partial charge in [0, 0.05) is 11.8 Å². The van der Waals surface area contributed by atoms with E-state index in [1.807, 2.05) is 6.07 Å². The third-order valence-corrected chi connectivity index (χ3v) is 4.01. The summed E-state index contributed by atoms with van der Waals surface area (Å²) in [6, 6.07) is 11.2. The molecule has 1 heterocycles. The molecule has 2 aromatic rings. The Morgan fingerprint density at radius 3 is 2.75 bits per heavy atom. The number of hydrogen-bond acceptors (Lipinski definition) is 4. The first-order valence-electron chi connectivity index (χ1n) is 9.03. The number of ether oxygens (including phenoxy) is 2. The molecule has 0 spiro atoms. The number of halogens is 1. The number of carbonyl (C=O) groups is 2. The Labute approximate surface area is 163 Å². The van der Waals surface area contributed by atoms with Crippen LogP contribution in [0.25, 0.3) is 0 Å². The van der Waals surface area contributed by atoms with Gasteiger partial charge in [-0.2, -0.15) is 0 Å². The van der Waals surface area contributed by atoms with E-state index in [1.54, 1.807) is 49.9 Å². The Kier molecular flexibility index (Phi) is 5.53. The lowest BCUT2D eigenvalue weighted by Gasteiger charge is -2.29. The smallest absolute Gasteiger partial charge is 0.412 e. The first-order valence-corrected chi connectivity index (χ1v) is 9.03. The van der Waals surface area contributed by atoms with Crippen molar-refractivity contribution in [1.29, 1.82) is 0 Å². The van der Waals surface area contributed by atoms with Crippen LogP contribution < -0.4 is 15.0 Å². The molecule has 0 aromatic heterocycles. The molecule has 0 saturated heterocycles. The number of hydrogen-bond donors (Lipinski definition) is 1. The third-order valence-electron chi connectivity index (χ3n) is 4.01. The average Bonchev–Trinajstić information content (AvgIpc) is 2.59. The zero-order valence-electron chi connectivity index (χ0n) is 16.1. The second kappa shape index (κ2) is 7.88. The first kappa shape index (κ1) is 19.7. The van der Waals surface area contributed by atoms with Gasteiger partial charge in [0.15, 0.2) is 0 Å². The van der Waals surface area contributed by atoms with Crippen molar-refractivity contribution < 1.29 is 23.5 Å². The molecule has 6 nitrogen and oxygen atoms in total. The molecule has 0 saturated carbocycles. The number of rotatable bonds is 3. The van der Waals surface area contributed by atoms with Crippen LogP contribution in [-0.4, -0.2) is 30.8 Å². The second-order valence-electron chi connectivity index (χ2n) is 7.51. The molecule has 2 amide bonds. The van der Waals surface area contributed by atoms with Crippen molar-refractivity contribution in [2.75, 3.05) is 23.4 Å². The van der Waals surface area contributed by atoms with Gasteiger partial charge in [-0.25, -0.2) is 9.18 Å². The Bertz CT molecular complexity index is 892. The van der Waals surface area contributed by atoms with E-state index in [1.165, 1.54) is 12.1 Å². The summed E-state index contributed by atoms with van der Waals surface area (Å²) >= 11 is 0. The fourth-order valence-corrected chi connectivity index (χ4v) is 2.90. The van der Waals surface area contributed by atoms with E-state index in [2.05, 4.69) is 5.32 Å². The SMILES string of the molecule is CC(C)(C)OC(=O)Nc1cccc(CC(=O)N2CCOc3cc(F)ccc32)c1. The van der Waals surface area contributed by atoms with Gasteiger partial charge in [-0.3, -0.25) is 10.1 Å². The van der Waals surface area contributed by atoms with Gasteiger partial charge in [0.25, 0.3) is 0 Å². The normalized spacial score (nSPS) is 13.4. The number of amides is 2. The average molecular weight is 386 g/mol. The lowest BCUT2D eigenvalue weighted by molar-refractivity contribution is -0.118. The Hall–Kier alpha value is -3.09. The van der Waals surface area contributed by atoms with Crippen molar-refractivity contribution in [1.82, 2.24) is 0 Å². The lowest BCUT2D eigenvalue weighted by Crippen LogP contribution is -2.38. The van der Waals surface area contributed by atoms with Crippen LogP contribution in [0.15, 0.2) is 42.5 Å². The number of nitrogens with one attached hydrogen (secondary N) is 1. The van der Waals surface area contributed by atoms with E-state index in [4.69, 9.17) is 9.47 Å². The third kappa shape index (κ3) is 5.00. The van der Waals surface area contributed by atoms with Crippen LogP contribution in [0, 0.1) is 5.82 Å². The molecule has 148 valence electrons. The second-order valence-corrected chi connectivity index (χ2v) is 7.51. The van der Waals surface area contributed by atoms with Gasteiger partial charge >= 0.3 is 6.09 Å². The lowest BCUT2D eigenvalue weighted by atomic mass is 10.1. The largest absolute Gasteiger partial charge is 0.489 e. The molecule has 28 heavy (non-hydrogen) atoms. The van der Waals surface area contributed by atoms with E-state index in [0.29, 0.717) is 30.3 Å². The number of nitrogens with zero attached hydrogens (tertiary/aromatic N) is 1. The molecule has 0 atom stereocenters. The predicted octanol–water partition coefficient (Wildman–Crippen LogP) is 4.14. The summed E-state index contributed by atoms with van der Waals surface area (Å²) in [5, 5.41) is 2.67. The van der Waals surface area contributed by atoms with E-state index in [0.717, 1.165) is 5.56 Å². The first-order chi connectivity index (χ1) is 13.2. The molecule has 0 aliphatic carbocycles. The van der Waals surface area contributed by atoms with Crippen molar-refractivity contribution in [3.8, 4) is 5.75 Å². The molecule has 0 unspecified atom stereocenters. The molecule has 1 aliphatic heterocycles. The zero-order chi connectivity index (χ0) is 20.3. The van der Waals surface area contributed by atoms with E-state index in [-0.39, 0.29) is 12.3 Å². The molecule has 1 aliphatic rings. The van der Waals surface area contributed by atoms with E-state index < -0.39 is 17.5 Å². The molecule has 0 radical (unpaired) electrons. The summed E-state index contributed by atoms with van der Waals surface area (Å²) < 4.78 is 24.1. The summed E-state index contributed by atoms with van der Waals surface area (Å²) in [5.41, 5.74) is 1.25. The summed E-state index contributed by atoms with van der Waals surface area (Å²) in [6.07, 6.45) is -0.416. The zero-order valence-corrected chi connectivity index (χ0v) is 16.1. The van der Waals surface area contributed by atoms with Crippen LogP contribution in [0.4, 0.5) is 20.6 Å². The fraction of sp³-hybridized carbons (Fsp3) is 0.333. The molecule has 2 aromatic carbocycles. The minimum atomic E-state index is -0.596. The van der Waals surface area contributed by atoms with Gasteiger partial charge in [-0.15, -0.1) is 0 Å². The van der Waals surface area contributed by atoms with Crippen LogP contribution >= 0.6 is 0 Å². The van der Waals surface area contributed by atoms with Crippen LogP contribution in [-0.2, 0) is 16.0 Å². The molecular weight excluding hydrogens is 363 g/mol. The van der Waals surface area contributed by atoms with Crippen LogP contribution in [0.5, 0.6) is 5.75 Å². The predicted molar refractivity (Wildman–Crippen MR) is 104 cm³/mol. The Morgan fingerprint density at radius 1 is 1.21 bits per heavy atom. The van der Waals surface area contributed by atoms with Crippen molar-refractivity contribution in [2.45, 2.75) is 32.8 Å². The number of benzene rings is 2. The standard InChI is InChI=1S/C21H23FN2O4/c1-21(2,3)28-20(26)23-16-6-4-5-14(11-16)12-19(25)24-9-10-27-18-13-15(22)7-8-17(18)24/h4-8,11,13H,9-10,12H2,1-3H3,(H,23,26). The Morgan fingerprint density at radius 2 is 2.00 bits per heavy atom. The molecule has 3 rings (SSSR count). The molecule has 1 N–H and O–H groups in total. The maximum atomic E-state index is 13.4. The highest BCUT2D eigenvalue weighted by molar-refractivity contribution is 5.96. The van der Waals surface area contributed by atoms with Crippen molar-refractivity contribution >= 4 is 23.4 Å². The molecule has 0 bridgehead atoms. The van der Waals surface area contributed by atoms with Crippen molar-refractivity contribution in [3.63, 3.8) is 0 Å². The van der Waals surface area contributed by atoms with Crippen molar-refractivity contribution in [3.05, 3.63) is 53.8 Å². The van der Waals surface area contributed by atoms with Gasteiger partial charge in [-0.05, 0) is 50.6 Å². The summed E-state index contributed by atoms with van der Waals surface area (Å²) in [6.45, 7) is 6.06. The summed E-state index contributed by atoms with van der Waals surface area (Å²) in [4.78, 5) is 26.3. The van der Waals surface area contributed by atoms with Crippen LogP contribution in [0.1, 0.15) is 26.3 Å². The summed E-state index contributed by atoms with van der Waals surface area (Å²) in [7, 11) is 0. The fourth-order valence-electron chi connectivity index (χ4n) is 2.90. The maximum absolute atomic E-state index is 13.4. The molecule has 0 fully saturated rings. The molecule has 7 heteroatoms. The topological polar surface area (TPSA) is 67.9 Å². The van der Waals surface area contributed by atoms with Crippen molar-refractivity contribution in [2.24, 2.45) is 0 Å². The van der Waals surface area contributed by atoms with Gasteiger partial charge in [0.1, 0.15) is 23.8 Å². The monoisotopic (exact) mass is 386 g/mol. The quantitative estimate of drug-likeness (QED) is 0.861. The van der Waals surface area contributed by atoms with Gasteiger partial charge in [-0.1, -0.05) is 12.1 Å². The highest BCUT2D eigenvalue weighted by Gasteiger charge is 2.24. The minimum Gasteiger partial charge on any atom is -0.489 e. The van der Waals surface area contributed by atoms with Gasteiger partial charge < -0.3 is 14.4 Å². The van der Waals surface area contributed by atoms with E-state index in [9.17, 15) is 14.0 Å². The molecular formula is C21H23FN2O4. The Balaban J connectivity index is 1.69. The number of carbonyl (C=O) groups excluding carboxylic acids is 2. The van der Waals surface area contributed by atoms with Crippen LogP contribution in [0.2, 0.25) is 0 Å². The highest BCUT2D eigenvalue weighted by atomic mass is 19.1. The minimum absolute atomic E-state index is 0.134. The van der Waals surface area contributed by atoms with E-state index >= 15 is 0 Å². The highest BCUT2D eigenvalue weighted by Crippen LogP contribution is 2.32. The number of fused-ring (bicyclic) bond motifs is 1. The summed E-state index contributed by atoms with van der Waals surface area (Å²) in [5.74, 6) is -0.181. The van der Waals surface area contributed by atoms with Gasteiger partial charge in [0.2, 0.25) is 5.91 Å². The maximum Gasteiger partial charge on any atom is 0.412 e. The van der Waals surface area contributed by atoms with Gasteiger partial charge in [0.05, 0.1) is 18.7 Å². The number of anilines is 2. The van der Waals surface area contributed by atoms with Crippen LogP contribution in [0.3, 0.4) is 0 Å².